The van der Waals surface area contributed by atoms with Crippen LogP contribution in [0.2, 0.25) is 0 Å². The van der Waals surface area contributed by atoms with Crippen molar-refractivity contribution in [3.8, 4) is 0 Å². The van der Waals surface area contributed by atoms with Crippen molar-refractivity contribution in [3.05, 3.63) is 101 Å². The molecule has 3 aliphatic rings. The van der Waals surface area contributed by atoms with Crippen LogP contribution in [0.1, 0.15) is 30.5 Å². The number of nitro groups is 1. The number of ether oxygens (including phenoxy) is 4. The van der Waals surface area contributed by atoms with Crippen molar-refractivity contribution in [3.63, 3.8) is 0 Å². The number of carbonyl (C=O) groups is 5. The Balaban J connectivity index is 1.78. The number of amides is 1. The fraction of sp³-hybridized carbons (Fsp3) is 0.265. The van der Waals surface area contributed by atoms with Gasteiger partial charge in [0.15, 0.2) is 0 Å². The molecule has 3 heterocycles. The average molecular weight is 739 g/mol. The van der Waals surface area contributed by atoms with Crippen molar-refractivity contribution in [1.29, 1.82) is 0 Å². The van der Waals surface area contributed by atoms with Crippen molar-refractivity contribution >= 4 is 88.1 Å². The second-order valence-electron chi connectivity index (χ2n) is 11.4. The van der Waals surface area contributed by atoms with Crippen molar-refractivity contribution in [2.24, 2.45) is 0 Å². The predicted octanol–water partition coefficient (Wildman–Crippen LogP) is 5.53. The lowest BCUT2D eigenvalue weighted by atomic mass is 9.83. The topological polar surface area (TPSA) is 169 Å². The number of carbonyl (C=O) groups excluding carboxylic acids is 5. The number of methoxy groups -OCH3 is 4. The summed E-state index contributed by atoms with van der Waals surface area (Å²) in [5, 5.41) is 11.1. The average Bonchev–Trinajstić information content (AvgIpc) is 3.49. The number of hydrogen-bond donors (Lipinski definition) is 0. The van der Waals surface area contributed by atoms with Gasteiger partial charge in [-0.15, -0.1) is 0 Å². The molecule has 1 spiro atoms. The molecule has 13 nitrogen and oxygen atoms in total. The highest BCUT2D eigenvalue weighted by Gasteiger charge is 2.61. The molecule has 0 aromatic heterocycles. The van der Waals surface area contributed by atoms with Gasteiger partial charge in [0.2, 0.25) is 0 Å². The number of rotatable bonds is 7. The van der Waals surface area contributed by atoms with E-state index in [1.54, 1.807) is 24.8 Å². The first-order valence-electron chi connectivity index (χ1n) is 14.7. The van der Waals surface area contributed by atoms with Gasteiger partial charge in [0, 0.05) is 34.3 Å². The van der Waals surface area contributed by atoms with Gasteiger partial charge in [-0.1, -0.05) is 46.9 Å². The Bertz CT molecular complexity index is 1970. The molecule has 0 aliphatic carbocycles. The smallest absolute Gasteiger partial charge is 0.345 e. The molecule has 50 heavy (non-hydrogen) atoms. The van der Waals surface area contributed by atoms with Crippen LogP contribution >= 0.6 is 35.3 Å². The van der Waals surface area contributed by atoms with E-state index < -0.39 is 44.3 Å². The van der Waals surface area contributed by atoms with Crippen molar-refractivity contribution in [2.75, 3.05) is 33.3 Å². The SMILES string of the molecule is COC(=O)C1=C(C(=O)OC)SC2(S1)C(C(=O)OC)=C(C(=O)OC)SC1=C2c2cc(C)ccc2N(C(=O)C=Cc2ccc([N+](=O)[O-])cc2)C1(C)C. The summed E-state index contributed by atoms with van der Waals surface area (Å²) in [5.41, 5.74) is 1.22. The molecule has 1 amide bonds. The van der Waals surface area contributed by atoms with Crippen molar-refractivity contribution in [2.45, 2.75) is 30.4 Å². The summed E-state index contributed by atoms with van der Waals surface area (Å²) in [7, 11) is 4.59. The highest BCUT2D eigenvalue weighted by molar-refractivity contribution is 8.26. The monoisotopic (exact) mass is 738 g/mol. The number of non-ortho nitro benzene ring substituents is 1. The van der Waals surface area contributed by atoms with Gasteiger partial charge in [-0.3, -0.25) is 19.8 Å². The minimum absolute atomic E-state index is 0.0960. The second-order valence-corrected chi connectivity index (χ2v) is 15.1. The van der Waals surface area contributed by atoms with Crippen LogP contribution in [0.15, 0.2) is 73.7 Å². The van der Waals surface area contributed by atoms with Crippen LogP contribution < -0.4 is 4.90 Å². The zero-order chi connectivity index (χ0) is 36.7. The highest BCUT2D eigenvalue weighted by atomic mass is 32.2. The van der Waals surface area contributed by atoms with Crippen LogP contribution in [-0.4, -0.2) is 72.8 Å². The van der Waals surface area contributed by atoms with Crippen LogP contribution in [0.5, 0.6) is 0 Å². The Morgan fingerprint density at radius 3 is 1.86 bits per heavy atom. The predicted molar refractivity (Wildman–Crippen MR) is 189 cm³/mol. The fourth-order valence-electron chi connectivity index (χ4n) is 5.77. The molecular formula is C34H30N2O11S3. The molecule has 0 bridgehead atoms. The Kier molecular flexibility index (Phi) is 10.1. The van der Waals surface area contributed by atoms with Crippen LogP contribution in [0.3, 0.4) is 0 Å². The van der Waals surface area contributed by atoms with E-state index in [1.807, 2.05) is 19.1 Å². The molecular weight excluding hydrogens is 709 g/mol. The van der Waals surface area contributed by atoms with E-state index >= 15 is 0 Å². The number of benzene rings is 2. The Morgan fingerprint density at radius 2 is 1.34 bits per heavy atom. The maximum atomic E-state index is 14.2. The normalized spacial score (nSPS) is 17.4. The van der Waals surface area contributed by atoms with Gasteiger partial charge in [0.1, 0.15) is 18.8 Å². The summed E-state index contributed by atoms with van der Waals surface area (Å²) in [6.45, 7) is 5.37. The lowest BCUT2D eigenvalue weighted by Gasteiger charge is -2.50. The molecule has 0 radical (unpaired) electrons. The molecule has 2 aromatic rings. The molecule has 260 valence electrons. The zero-order valence-corrected chi connectivity index (χ0v) is 30.3. The number of nitro benzene ring substituents is 1. The Labute approximate surface area is 299 Å². The van der Waals surface area contributed by atoms with Crippen LogP contribution in [0.4, 0.5) is 11.4 Å². The molecule has 5 rings (SSSR count). The third-order valence-electron chi connectivity index (χ3n) is 8.04. The number of esters is 4. The maximum Gasteiger partial charge on any atom is 0.345 e. The fourth-order valence-corrected chi connectivity index (χ4v) is 10.8. The summed E-state index contributed by atoms with van der Waals surface area (Å²) < 4.78 is 18.7. The van der Waals surface area contributed by atoms with E-state index in [4.69, 9.17) is 18.9 Å². The van der Waals surface area contributed by atoms with E-state index in [-0.39, 0.29) is 26.0 Å². The van der Waals surface area contributed by atoms with Gasteiger partial charge in [0.05, 0.1) is 50.2 Å². The Morgan fingerprint density at radius 1 is 0.800 bits per heavy atom. The second kappa shape index (κ2) is 13.8. The lowest BCUT2D eigenvalue weighted by Crippen LogP contribution is -2.53. The van der Waals surface area contributed by atoms with Crippen LogP contribution in [0.25, 0.3) is 11.6 Å². The maximum absolute atomic E-state index is 14.2. The molecule has 0 N–H and O–H groups in total. The third-order valence-corrected chi connectivity index (χ3v) is 12.7. The molecule has 0 saturated heterocycles. The van der Waals surface area contributed by atoms with E-state index in [1.165, 1.54) is 36.4 Å². The summed E-state index contributed by atoms with van der Waals surface area (Å²) in [4.78, 5) is 80.1. The quantitative estimate of drug-likeness (QED) is 0.114. The summed E-state index contributed by atoms with van der Waals surface area (Å²) in [5.74, 6) is -3.97. The molecule has 0 fully saturated rings. The van der Waals surface area contributed by atoms with Gasteiger partial charge in [-0.25, -0.2) is 19.2 Å². The summed E-state index contributed by atoms with van der Waals surface area (Å²) in [6, 6.07) is 11.1. The third kappa shape index (κ3) is 6.00. The van der Waals surface area contributed by atoms with E-state index in [0.29, 0.717) is 27.3 Å². The van der Waals surface area contributed by atoms with Crippen molar-refractivity contribution < 1.29 is 47.8 Å². The number of thioether (sulfide) groups is 3. The number of fused-ring (bicyclic) bond motifs is 3. The molecule has 0 saturated carbocycles. The van der Waals surface area contributed by atoms with Crippen LogP contribution in [-0.2, 0) is 42.9 Å². The first-order chi connectivity index (χ1) is 23.7. The summed E-state index contributed by atoms with van der Waals surface area (Å²) in [6.07, 6.45) is 2.87. The Hall–Kier alpha value is -4.80. The van der Waals surface area contributed by atoms with E-state index in [0.717, 1.165) is 69.3 Å². The van der Waals surface area contributed by atoms with Gasteiger partial charge in [-0.05, 0) is 56.7 Å². The minimum atomic E-state index is -1.70. The largest absolute Gasteiger partial charge is 0.466 e. The van der Waals surface area contributed by atoms with Gasteiger partial charge < -0.3 is 18.9 Å². The molecule has 3 aliphatic heterocycles. The molecule has 0 unspecified atom stereocenters. The number of anilines is 1. The summed E-state index contributed by atoms with van der Waals surface area (Å²) >= 11 is 2.62. The van der Waals surface area contributed by atoms with Crippen molar-refractivity contribution in [1.82, 2.24) is 0 Å². The zero-order valence-electron chi connectivity index (χ0n) is 27.8. The number of nitrogens with zero attached hydrogens (tertiary/aromatic N) is 2. The first-order valence-corrected chi connectivity index (χ1v) is 17.1. The van der Waals surface area contributed by atoms with Gasteiger partial charge in [0.25, 0.3) is 11.6 Å². The minimum Gasteiger partial charge on any atom is -0.466 e. The molecule has 0 atom stereocenters. The van der Waals surface area contributed by atoms with E-state index in [9.17, 15) is 34.1 Å². The molecule has 16 heteroatoms. The van der Waals surface area contributed by atoms with Crippen LogP contribution in [0, 0.1) is 17.0 Å². The lowest BCUT2D eigenvalue weighted by molar-refractivity contribution is -0.384. The first kappa shape index (κ1) is 36.5. The van der Waals surface area contributed by atoms with E-state index in [2.05, 4.69) is 0 Å². The highest BCUT2D eigenvalue weighted by Crippen LogP contribution is 2.71. The number of hydrogen-bond acceptors (Lipinski definition) is 14. The standard InChI is InChI=1S/C34H30N2O11S3/c1-17-8-14-21-20(16-17)23-28(33(2,3)35(21)22(37)15-11-18-9-12-19(13-10-18)36(42)43)48-25(30(39)45-5)24(29(38)44-4)34(23)49-26(31(40)46-6)27(50-34)32(41)47-7/h8-16H,1-7H3. The van der Waals surface area contributed by atoms with Gasteiger partial charge >= 0.3 is 23.9 Å². The molecule has 2 aromatic carbocycles. The van der Waals surface area contributed by atoms with Gasteiger partial charge in [-0.2, -0.15) is 0 Å². The number of aryl methyl sites for hydroxylation is 1.